The Hall–Kier alpha value is -2.18. The van der Waals surface area contributed by atoms with Gasteiger partial charge in [0.15, 0.2) is 0 Å². The summed E-state index contributed by atoms with van der Waals surface area (Å²) in [6.07, 6.45) is 7.98. The zero-order chi connectivity index (χ0) is 21.1. The molecular weight excluding hydrogens is 399 g/mol. The van der Waals surface area contributed by atoms with Gasteiger partial charge >= 0.3 is 0 Å². The van der Waals surface area contributed by atoms with E-state index in [1.807, 2.05) is 18.2 Å². The molecular formula is C24H29FN2O2S. The van der Waals surface area contributed by atoms with Crippen LogP contribution < -0.4 is 4.74 Å². The maximum absolute atomic E-state index is 13.2. The van der Waals surface area contributed by atoms with E-state index in [0.717, 1.165) is 35.5 Å². The van der Waals surface area contributed by atoms with Gasteiger partial charge in [0.2, 0.25) is 0 Å². The molecule has 0 fully saturated rings. The molecule has 160 valence electrons. The van der Waals surface area contributed by atoms with Gasteiger partial charge in [-0.05, 0) is 68.3 Å². The molecule has 0 aliphatic carbocycles. The summed E-state index contributed by atoms with van der Waals surface area (Å²) in [5.41, 5.74) is 1.84. The third-order valence-corrected chi connectivity index (χ3v) is 8.08. The molecule has 3 unspecified atom stereocenters. The Morgan fingerprint density at radius 1 is 1.20 bits per heavy atom. The van der Waals surface area contributed by atoms with Gasteiger partial charge < -0.3 is 14.4 Å². The second kappa shape index (κ2) is 9.31. The molecule has 2 heterocycles. The standard InChI is InChI=1S/C24H29FN2O2S/c1-3-4-18(7-11-21-13-14-30(21)2)27-23-15-20(10-12-22(23)26-24(27)16-28)29-19-8-5-17(25)6-9-19/h5-6,8-10,12,14-15,18,21,28H,3-4,7,11,13,16H2,1-2H3. The van der Waals surface area contributed by atoms with E-state index in [1.165, 1.54) is 25.0 Å². The van der Waals surface area contributed by atoms with Crippen molar-refractivity contribution in [2.45, 2.75) is 56.9 Å². The van der Waals surface area contributed by atoms with Crippen LogP contribution in [0.25, 0.3) is 11.0 Å². The quantitative estimate of drug-likeness (QED) is 0.422. The van der Waals surface area contributed by atoms with Crippen molar-refractivity contribution in [1.82, 2.24) is 9.55 Å². The van der Waals surface area contributed by atoms with Crippen LogP contribution in [0.2, 0.25) is 0 Å². The SMILES string of the molecule is CCCC(CCC1CC=S1C)n1c(CO)nc2ccc(Oc3ccc(F)cc3)cc21. The molecule has 1 N–H and O–H groups in total. The average molecular weight is 429 g/mol. The number of rotatable bonds is 9. The number of aliphatic hydroxyl groups excluding tert-OH is 1. The van der Waals surface area contributed by atoms with Crippen LogP contribution in [0.1, 0.15) is 50.9 Å². The van der Waals surface area contributed by atoms with Gasteiger partial charge in [0.05, 0.1) is 11.0 Å². The Bertz CT molecular complexity index is 1050. The monoisotopic (exact) mass is 428 g/mol. The molecule has 2 aromatic carbocycles. The average Bonchev–Trinajstić information content (AvgIpc) is 3.11. The highest BCUT2D eigenvalue weighted by molar-refractivity contribution is 8.16. The first kappa shape index (κ1) is 21.1. The highest BCUT2D eigenvalue weighted by Gasteiger charge is 2.23. The number of imidazole rings is 1. The van der Waals surface area contributed by atoms with Crippen LogP contribution in [-0.4, -0.2) is 31.5 Å². The minimum atomic E-state index is -0.287. The van der Waals surface area contributed by atoms with Crippen molar-refractivity contribution in [3.63, 3.8) is 0 Å². The minimum Gasteiger partial charge on any atom is -0.457 e. The molecule has 0 saturated carbocycles. The molecule has 0 bridgehead atoms. The van der Waals surface area contributed by atoms with Gasteiger partial charge in [-0.15, -0.1) is 0 Å². The van der Waals surface area contributed by atoms with E-state index in [2.05, 4.69) is 28.1 Å². The van der Waals surface area contributed by atoms with Crippen LogP contribution in [-0.2, 0) is 6.61 Å². The normalized spacial score (nSPS) is 19.3. The zero-order valence-corrected chi connectivity index (χ0v) is 18.4. The minimum absolute atomic E-state index is 0.0849. The van der Waals surface area contributed by atoms with Gasteiger partial charge in [0, 0.05) is 17.4 Å². The first-order valence-corrected chi connectivity index (χ1v) is 12.4. The summed E-state index contributed by atoms with van der Waals surface area (Å²) in [5.74, 6) is 1.69. The summed E-state index contributed by atoms with van der Waals surface area (Å²) in [6, 6.07) is 12.1. The molecule has 3 aromatic rings. The number of benzene rings is 2. The van der Waals surface area contributed by atoms with Gasteiger partial charge in [0.25, 0.3) is 0 Å². The number of ether oxygens (including phenoxy) is 1. The molecule has 30 heavy (non-hydrogen) atoms. The molecule has 4 rings (SSSR count). The Balaban J connectivity index is 1.65. The molecule has 0 spiro atoms. The van der Waals surface area contributed by atoms with E-state index in [0.29, 0.717) is 33.8 Å². The van der Waals surface area contributed by atoms with Gasteiger partial charge in [-0.25, -0.2) is 9.37 Å². The van der Waals surface area contributed by atoms with Crippen LogP contribution in [0.3, 0.4) is 0 Å². The molecule has 3 atom stereocenters. The number of aromatic nitrogens is 2. The molecule has 1 aliphatic rings. The van der Waals surface area contributed by atoms with E-state index in [9.17, 15) is 9.50 Å². The second-order valence-electron chi connectivity index (χ2n) is 7.91. The number of hydrogen-bond acceptors (Lipinski definition) is 3. The predicted molar refractivity (Wildman–Crippen MR) is 123 cm³/mol. The molecule has 6 heteroatoms. The van der Waals surface area contributed by atoms with E-state index in [1.54, 1.807) is 12.1 Å². The lowest BCUT2D eigenvalue weighted by atomic mass is 10.0. The van der Waals surface area contributed by atoms with E-state index >= 15 is 0 Å². The molecule has 0 radical (unpaired) electrons. The molecule has 1 aliphatic heterocycles. The van der Waals surface area contributed by atoms with Crippen molar-refractivity contribution >= 4 is 26.9 Å². The number of fused-ring (bicyclic) bond motifs is 1. The Morgan fingerprint density at radius 3 is 2.60 bits per heavy atom. The summed E-state index contributed by atoms with van der Waals surface area (Å²) in [4.78, 5) is 4.67. The molecule has 1 aromatic heterocycles. The van der Waals surface area contributed by atoms with E-state index < -0.39 is 0 Å². The Kier molecular flexibility index (Phi) is 6.54. The van der Waals surface area contributed by atoms with E-state index in [-0.39, 0.29) is 12.4 Å². The Labute approximate surface area is 179 Å². The van der Waals surface area contributed by atoms with Crippen LogP contribution in [0.15, 0.2) is 42.5 Å². The van der Waals surface area contributed by atoms with Crippen molar-refractivity contribution in [2.24, 2.45) is 0 Å². The second-order valence-corrected chi connectivity index (χ2v) is 10.1. The van der Waals surface area contributed by atoms with Crippen LogP contribution >= 0.6 is 10.5 Å². The fourth-order valence-electron chi connectivity index (χ4n) is 4.19. The van der Waals surface area contributed by atoms with Gasteiger partial charge in [-0.1, -0.05) is 18.7 Å². The van der Waals surface area contributed by atoms with E-state index in [4.69, 9.17) is 4.74 Å². The first-order chi connectivity index (χ1) is 14.6. The van der Waals surface area contributed by atoms with Gasteiger partial charge in [0.1, 0.15) is 29.7 Å². The number of nitrogens with zero attached hydrogens (tertiary/aromatic N) is 2. The maximum atomic E-state index is 13.2. The number of aliphatic hydroxyl groups is 1. The smallest absolute Gasteiger partial charge is 0.135 e. The summed E-state index contributed by atoms with van der Waals surface area (Å²) in [6.45, 7) is 2.12. The van der Waals surface area contributed by atoms with Crippen molar-refractivity contribution < 1.29 is 14.2 Å². The van der Waals surface area contributed by atoms with Crippen molar-refractivity contribution in [2.75, 3.05) is 6.26 Å². The van der Waals surface area contributed by atoms with Gasteiger partial charge in [-0.3, -0.25) is 0 Å². The van der Waals surface area contributed by atoms with Crippen molar-refractivity contribution in [1.29, 1.82) is 0 Å². The summed E-state index contributed by atoms with van der Waals surface area (Å²) < 4.78 is 21.3. The highest BCUT2D eigenvalue weighted by Crippen LogP contribution is 2.36. The topological polar surface area (TPSA) is 47.3 Å². The fourth-order valence-corrected chi connectivity index (χ4v) is 5.54. The summed E-state index contributed by atoms with van der Waals surface area (Å²) in [5, 5.41) is 13.2. The largest absolute Gasteiger partial charge is 0.457 e. The number of halogens is 1. The van der Waals surface area contributed by atoms with Crippen LogP contribution in [0.5, 0.6) is 11.5 Å². The van der Waals surface area contributed by atoms with Crippen LogP contribution in [0.4, 0.5) is 4.39 Å². The van der Waals surface area contributed by atoms with Crippen molar-refractivity contribution in [3.8, 4) is 11.5 Å². The molecule has 0 amide bonds. The lowest BCUT2D eigenvalue weighted by Crippen LogP contribution is -2.19. The lowest BCUT2D eigenvalue weighted by Gasteiger charge is -2.29. The maximum Gasteiger partial charge on any atom is 0.135 e. The van der Waals surface area contributed by atoms with Crippen molar-refractivity contribution in [3.05, 3.63) is 54.1 Å². The molecule has 0 saturated heterocycles. The lowest BCUT2D eigenvalue weighted by molar-refractivity contribution is 0.258. The predicted octanol–water partition coefficient (Wildman–Crippen LogP) is 6.05. The summed E-state index contributed by atoms with van der Waals surface area (Å²) >= 11 is 0. The van der Waals surface area contributed by atoms with Crippen LogP contribution in [0, 0.1) is 5.82 Å². The molecule has 4 nitrogen and oxygen atoms in total. The highest BCUT2D eigenvalue weighted by atomic mass is 32.2. The first-order valence-electron chi connectivity index (χ1n) is 10.6. The zero-order valence-electron chi connectivity index (χ0n) is 17.6. The number of hydrogen-bond donors (Lipinski definition) is 1. The third-order valence-electron chi connectivity index (χ3n) is 5.88. The summed E-state index contributed by atoms with van der Waals surface area (Å²) in [7, 11) is 0.445. The fraction of sp³-hybridized carbons (Fsp3) is 0.417. The van der Waals surface area contributed by atoms with Gasteiger partial charge in [-0.2, -0.15) is 10.5 Å². The Morgan fingerprint density at radius 2 is 1.97 bits per heavy atom. The third kappa shape index (κ3) is 4.44.